The lowest BCUT2D eigenvalue weighted by atomic mass is 9.77. The third-order valence-corrected chi connectivity index (χ3v) is 8.87. The van der Waals surface area contributed by atoms with Crippen LogP contribution >= 0.6 is 23.2 Å². The van der Waals surface area contributed by atoms with E-state index in [9.17, 15) is 8.42 Å². The maximum atomic E-state index is 13.0. The largest absolute Gasteiger partial charge is 0.378 e. The molecule has 0 bridgehead atoms. The molecule has 0 fully saturated rings. The van der Waals surface area contributed by atoms with Crippen molar-refractivity contribution in [3.05, 3.63) is 69.7 Å². The first-order chi connectivity index (χ1) is 13.9. The van der Waals surface area contributed by atoms with E-state index in [-0.39, 0.29) is 17.9 Å². The standard InChI is InChI=1S/C22H24Cl2N2O2S/c1-3-26(4-2)29(27,28)14-11-12-20-18(13-14)15-7-5-8-16(15)22(25-20)17-9-6-10-19(23)21(17)24/h5-7,9-13,15-16,22,25H,3-4,8H2,1-2H3. The fraction of sp³-hybridized carbons (Fsp3) is 0.364. The van der Waals surface area contributed by atoms with E-state index in [0.29, 0.717) is 28.0 Å². The zero-order chi connectivity index (χ0) is 20.8. The summed E-state index contributed by atoms with van der Waals surface area (Å²) in [5, 5.41) is 4.71. The van der Waals surface area contributed by atoms with Gasteiger partial charge in [0.1, 0.15) is 0 Å². The van der Waals surface area contributed by atoms with Crippen LogP contribution in [0, 0.1) is 5.92 Å². The summed E-state index contributed by atoms with van der Waals surface area (Å²) in [6.07, 6.45) is 5.25. The van der Waals surface area contributed by atoms with E-state index >= 15 is 0 Å². The molecule has 2 aromatic rings. The molecule has 1 aliphatic heterocycles. The van der Waals surface area contributed by atoms with E-state index in [1.807, 2.05) is 38.1 Å². The van der Waals surface area contributed by atoms with Gasteiger partial charge in [0, 0.05) is 24.7 Å². The van der Waals surface area contributed by atoms with Crippen LogP contribution in [0.1, 0.15) is 43.4 Å². The highest BCUT2D eigenvalue weighted by molar-refractivity contribution is 7.89. The molecule has 2 aromatic carbocycles. The Kier molecular flexibility index (Phi) is 5.68. The Morgan fingerprint density at radius 2 is 1.86 bits per heavy atom. The first-order valence-electron chi connectivity index (χ1n) is 9.89. The Hall–Kier alpha value is -1.53. The van der Waals surface area contributed by atoms with Crippen molar-refractivity contribution in [2.45, 2.75) is 37.1 Å². The molecule has 0 aromatic heterocycles. The molecule has 7 heteroatoms. The molecule has 0 spiro atoms. The zero-order valence-corrected chi connectivity index (χ0v) is 18.7. The Balaban J connectivity index is 1.77. The normalized spacial score (nSPS) is 23.0. The molecule has 154 valence electrons. The van der Waals surface area contributed by atoms with Gasteiger partial charge in [-0.1, -0.05) is 61.3 Å². The van der Waals surface area contributed by atoms with Crippen molar-refractivity contribution in [3.8, 4) is 0 Å². The molecule has 29 heavy (non-hydrogen) atoms. The molecule has 1 heterocycles. The number of nitrogens with one attached hydrogen (secondary N) is 1. The van der Waals surface area contributed by atoms with Crippen molar-refractivity contribution < 1.29 is 8.42 Å². The van der Waals surface area contributed by atoms with Crippen molar-refractivity contribution in [2.24, 2.45) is 5.92 Å². The summed E-state index contributed by atoms with van der Waals surface area (Å²) in [6.45, 7) is 4.62. The van der Waals surface area contributed by atoms with Crippen LogP contribution in [-0.2, 0) is 10.0 Å². The summed E-state index contributed by atoms with van der Waals surface area (Å²) in [5.74, 6) is 0.392. The topological polar surface area (TPSA) is 49.4 Å². The van der Waals surface area contributed by atoms with Crippen molar-refractivity contribution in [3.63, 3.8) is 0 Å². The van der Waals surface area contributed by atoms with Crippen molar-refractivity contribution in [1.29, 1.82) is 0 Å². The number of anilines is 1. The van der Waals surface area contributed by atoms with Crippen LogP contribution in [0.3, 0.4) is 0 Å². The average Bonchev–Trinajstić information content (AvgIpc) is 3.20. The zero-order valence-electron chi connectivity index (χ0n) is 16.4. The summed E-state index contributed by atoms with van der Waals surface area (Å²) in [7, 11) is -3.50. The van der Waals surface area contributed by atoms with Crippen LogP contribution in [0.15, 0.2) is 53.4 Å². The number of rotatable bonds is 5. The van der Waals surface area contributed by atoms with E-state index in [1.54, 1.807) is 12.1 Å². The summed E-state index contributed by atoms with van der Waals surface area (Å²) >= 11 is 12.8. The Morgan fingerprint density at radius 3 is 2.59 bits per heavy atom. The predicted molar refractivity (Wildman–Crippen MR) is 119 cm³/mol. The highest BCUT2D eigenvalue weighted by atomic mass is 35.5. The molecule has 2 aliphatic rings. The fourth-order valence-electron chi connectivity index (χ4n) is 4.51. The van der Waals surface area contributed by atoms with Crippen LogP contribution in [0.2, 0.25) is 10.0 Å². The maximum absolute atomic E-state index is 13.0. The van der Waals surface area contributed by atoms with Gasteiger partial charge in [-0.2, -0.15) is 4.31 Å². The van der Waals surface area contributed by atoms with Gasteiger partial charge in [-0.3, -0.25) is 0 Å². The van der Waals surface area contributed by atoms with Gasteiger partial charge in [0.2, 0.25) is 10.0 Å². The minimum absolute atomic E-state index is 0.0129. The number of sulfonamides is 1. The molecule has 3 atom stereocenters. The van der Waals surface area contributed by atoms with Gasteiger partial charge in [0.15, 0.2) is 0 Å². The van der Waals surface area contributed by atoms with E-state index < -0.39 is 10.0 Å². The number of fused-ring (bicyclic) bond motifs is 3. The number of nitrogens with zero attached hydrogens (tertiary/aromatic N) is 1. The second-order valence-corrected chi connectivity index (χ2v) is 10.2. The van der Waals surface area contributed by atoms with E-state index in [1.165, 1.54) is 4.31 Å². The van der Waals surface area contributed by atoms with Crippen LogP contribution in [0.4, 0.5) is 5.69 Å². The molecule has 4 nitrogen and oxygen atoms in total. The van der Waals surface area contributed by atoms with Gasteiger partial charge in [-0.15, -0.1) is 0 Å². The number of allylic oxidation sites excluding steroid dienone is 2. The lowest BCUT2D eigenvalue weighted by Crippen LogP contribution is -2.32. The molecule has 1 aliphatic carbocycles. The fourth-order valence-corrected chi connectivity index (χ4v) is 6.43. The third-order valence-electron chi connectivity index (χ3n) is 5.99. The minimum atomic E-state index is -3.50. The number of benzene rings is 2. The Morgan fingerprint density at radius 1 is 1.10 bits per heavy atom. The number of hydrogen-bond acceptors (Lipinski definition) is 3. The van der Waals surface area contributed by atoms with Crippen molar-refractivity contribution in [2.75, 3.05) is 18.4 Å². The first kappa shape index (κ1) is 20.7. The molecule has 3 unspecified atom stereocenters. The van der Waals surface area contributed by atoms with Gasteiger partial charge in [0.05, 0.1) is 21.0 Å². The predicted octanol–water partition coefficient (Wildman–Crippen LogP) is 5.85. The van der Waals surface area contributed by atoms with E-state index in [2.05, 4.69) is 17.5 Å². The van der Waals surface area contributed by atoms with Crippen LogP contribution in [0.25, 0.3) is 0 Å². The molecule has 0 saturated carbocycles. The molecular formula is C22H24Cl2N2O2S. The highest BCUT2D eigenvalue weighted by Gasteiger charge is 2.39. The van der Waals surface area contributed by atoms with Crippen LogP contribution in [0.5, 0.6) is 0 Å². The lowest BCUT2D eigenvalue weighted by molar-refractivity contribution is 0.424. The van der Waals surface area contributed by atoms with E-state index in [4.69, 9.17) is 23.2 Å². The van der Waals surface area contributed by atoms with Gasteiger partial charge in [0.25, 0.3) is 0 Å². The second kappa shape index (κ2) is 7.95. The smallest absolute Gasteiger partial charge is 0.243 e. The second-order valence-electron chi connectivity index (χ2n) is 7.46. The third kappa shape index (κ3) is 3.48. The van der Waals surface area contributed by atoms with Gasteiger partial charge in [-0.05, 0) is 47.7 Å². The summed E-state index contributed by atoms with van der Waals surface area (Å²) in [5.41, 5.74) is 2.94. The van der Waals surface area contributed by atoms with E-state index in [0.717, 1.165) is 23.2 Å². The number of halogens is 2. The monoisotopic (exact) mass is 450 g/mol. The quantitative estimate of drug-likeness (QED) is 0.580. The van der Waals surface area contributed by atoms with Crippen LogP contribution < -0.4 is 5.32 Å². The highest BCUT2D eigenvalue weighted by Crippen LogP contribution is 2.51. The van der Waals surface area contributed by atoms with Gasteiger partial charge >= 0.3 is 0 Å². The molecule has 1 N–H and O–H groups in total. The average molecular weight is 451 g/mol. The Bertz CT molecular complexity index is 1060. The first-order valence-corrected chi connectivity index (χ1v) is 12.1. The lowest BCUT2D eigenvalue weighted by Gasteiger charge is -2.38. The minimum Gasteiger partial charge on any atom is -0.378 e. The van der Waals surface area contributed by atoms with Crippen molar-refractivity contribution >= 4 is 38.9 Å². The summed E-state index contributed by atoms with van der Waals surface area (Å²) in [4.78, 5) is 0.347. The molecule has 0 radical (unpaired) electrons. The molecule has 0 saturated heterocycles. The summed E-state index contributed by atoms with van der Waals surface area (Å²) in [6, 6.07) is 11.1. The van der Waals surface area contributed by atoms with Gasteiger partial charge < -0.3 is 5.32 Å². The maximum Gasteiger partial charge on any atom is 0.243 e. The summed E-state index contributed by atoms with van der Waals surface area (Å²) < 4.78 is 27.5. The molecule has 4 rings (SSSR count). The number of hydrogen-bond donors (Lipinski definition) is 1. The van der Waals surface area contributed by atoms with Crippen molar-refractivity contribution in [1.82, 2.24) is 4.31 Å². The SMILES string of the molecule is CCN(CC)S(=O)(=O)c1ccc2c(c1)C1C=CCC1C(c1cccc(Cl)c1Cl)N2. The Labute approximate surface area is 182 Å². The molecular weight excluding hydrogens is 427 g/mol. The van der Waals surface area contributed by atoms with Gasteiger partial charge in [-0.25, -0.2) is 8.42 Å². The molecule has 0 amide bonds. The van der Waals surface area contributed by atoms with Crippen LogP contribution in [-0.4, -0.2) is 25.8 Å².